The first kappa shape index (κ1) is 11.7. The standard InChI is InChI=1S/C14H18N2O/c1-9(2)13-8-14(17)15-16(13)12-6-10(3)5-11(4)7-12/h5-9H,1-4H3,(H,15,17). The van der Waals surface area contributed by atoms with E-state index in [4.69, 9.17) is 0 Å². The van der Waals surface area contributed by atoms with E-state index in [1.54, 1.807) is 6.07 Å². The van der Waals surface area contributed by atoms with E-state index < -0.39 is 0 Å². The van der Waals surface area contributed by atoms with Gasteiger partial charge >= 0.3 is 0 Å². The summed E-state index contributed by atoms with van der Waals surface area (Å²) in [5, 5.41) is 2.86. The molecule has 0 aliphatic heterocycles. The summed E-state index contributed by atoms with van der Waals surface area (Å²) in [5.74, 6) is 0.315. The zero-order valence-electron chi connectivity index (χ0n) is 10.7. The highest BCUT2D eigenvalue weighted by molar-refractivity contribution is 5.40. The van der Waals surface area contributed by atoms with Gasteiger partial charge in [0.15, 0.2) is 0 Å². The number of nitrogens with one attached hydrogen (secondary N) is 1. The number of aromatic nitrogens is 2. The van der Waals surface area contributed by atoms with Crippen LogP contribution < -0.4 is 5.56 Å². The normalized spacial score (nSPS) is 11.1. The third-order valence-corrected chi connectivity index (χ3v) is 2.82. The molecule has 0 saturated heterocycles. The number of rotatable bonds is 2. The van der Waals surface area contributed by atoms with Crippen LogP contribution in [0.5, 0.6) is 0 Å². The van der Waals surface area contributed by atoms with Gasteiger partial charge in [0.1, 0.15) is 0 Å². The Labute approximate surface area is 101 Å². The van der Waals surface area contributed by atoms with E-state index in [9.17, 15) is 4.79 Å². The van der Waals surface area contributed by atoms with E-state index in [0.717, 1.165) is 11.4 Å². The average Bonchev–Trinajstić information content (AvgIpc) is 2.59. The minimum atomic E-state index is -0.0483. The molecule has 0 spiro atoms. The van der Waals surface area contributed by atoms with E-state index in [1.807, 2.05) is 4.68 Å². The van der Waals surface area contributed by atoms with Gasteiger partial charge in [0.2, 0.25) is 0 Å². The third kappa shape index (κ3) is 2.33. The highest BCUT2D eigenvalue weighted by Gasteiger charge is 2.10. The number of aromatic amines is 1. The van der Waals surface area contributed by atoms with Gasteiger partial charge in [-0.3, -0.25) is 14.6 Å². The van der Waals surface area contributed by atoms with Crippen LogP contribution in [0, 0.1) is 13.8 Å². The number of nitrogens with zero attached hydrogens (tertiary/aromatic N) is 1. The maximum Gasteiger partial charge on any atom is 0.264 e. The number of hydrogen-bond donors (Lipinski definition) is 1. The first-order valence-corrected chi connectivity index (χ1v) is 5.88. The second-order valence-electron chi connectivity index (χ2n) is 4.88. The first-order chi connectivity index (χ1) is 7.97. The molecule has 1 aromatic heterocycles. The van der Waals surface area contributed by atoms with Crippen molar-refractivity contribution in [1.82, 2.24) is 9.78 Å². The van der Waals surface area contributed by atoms with Crippen molar-refractivity contribution in [2.75, 3.05) is 0 Å². The van der Waals surface area contributed by atoms with E-state index in [-0.39, 0.29) is 5.56 Å². The summed E-state index contributed by atoms with van der Waals surface area (Å²) in [6, 6.07) is 7.95. The maximum atomic E-state index is 11.5. The van der Waals surface area contributed by atoms with E-state index >= 15 is 0 Å². The van der Waals surface area contributed by atoms with Gasteiger partial charge in [0.05, 0.1) is 5.69 Å². The fourth-order valence-electron chi connectivity index (χ4n) is 2.12. The van der Waals surface area contributed by atoms with Crippen molar-refractivity contribution in [3.05, 3.63) is 51.4 Å². The fraction of sp³-hybridized carbons (Fsp3) is 0.357. The Balaban J connectivity index is 2.63. The summed E-state index contributed by atoms with van der Waals surface area (Å²) in [6.45, 7) is 8.30. The summed E-state index contributed by atoms with van der Waals surface area (Å²) in [5.41, 5.74) is 4.38. The van der Waals surface area contributed by atoms with Crippen molar-refractivity contribution in [1.29, 1.82) is 0 Å². The first-order valence-electron chi connectivity index (χ1n) is 5.88. The molecule has 17 heavy (non-hydrogen) atoms. The molecule has 0 aliphatic rings. The number of aryl methyl sites for hydroxylation is 2. The Morgan fingerprint density at radius 2 is 1.65 bits per heavy atom. The zero-order valence-corrected chi connectivity index (χ0v) is 10.7. The Hall–Kier alpha value is -1.77. The molecule has 0 bridgehead atoms. The summed E-state index contributed by atoms with van der Waals surface area (Å²) in [4.78, 5) is 11.5. The SMILES string of the molecule is Cc1cc(C)cc(-n2[nH]c(=O)cc2C(C)C)c1. The number of H-pyrrole nitrogens is 1. The maximum absolute atomic E-state index is 11.5. The summed E-state index contributed by atoms with van der Waals surface area (Å²) in [6.07, 6.45) is 0. The summed E-state index contributed by atoms with van der Waals surface area (Å²) < 4.78 is 1.88. The Morgan fingerprint density at radius 3 is 2.18 bits per heavy atom. The van der Waals surface area contributed by atoms with Crippen LogP contribution >= 0.6 is 0 Å². The molecular weight excluding hydrogens is 212 g/mol. The van der Waals surface area contributed by atoms with Crippen LogP contribution in [0.25, 0.3) is 5.69 Å². The van der Waals surface area contributed by atoms with Crippen molar-refractivity contribution in [3.63, 3.8) is 0 Å². The van der Waals surface area contributed by atoms with E-state index in [2.05, 4.69) is 51.0 Å². The minimum absolute atomic E-state index is 0.0483. The molecule has 3 heteroatoms. The predicted molar refractivity (Wildman–Crippen MR) is 70.0 cm³/mol. The Morgan fingerprint density at radius 1 is 1.06 bits per heavy atom. The van der Waals surface area contributed by atoms with Crippen LogP contribution in [0.1, 0.15) is 36.6 Å². The average molecular weight is 230 g/mol. The Bertz CT molecular complexity index is 570. The third-order valence-electron chi connectivity index (χ3n) is 2.82. The molecule has 1 N–H and O–H groups in total. The van der Waals surface area contributed by atoms with Crippen molar-refractivity contribution in [2.45, 2.75) is 33.6 Å². The van der Waals surface area contributed by atoms with E-state index in [1.165, 1.54) is 11.1 Å². The van der Waals surface area contributed by atoms with Gasteiger partial charge in [-0.2, -0.15) is 0 Å². The van der Waals surface area contributed by atoms with Gasteiger partial charge in [-0.15, -0.1) is 0 Å². The van der Waals surface area contributed by atoms with Gasteiger partial charge in [0, 0.05) is 11.8 Å². The van der Waals surface area contributed by atoms with Crippen LogP contribution in [0.4, 0.5) is 0 Å². The van der Waals surface area contributed by atoms with Crippen LogP contribution in [-0.2, 0) is 0 Å². The quantitative estimate of drug-likeness (QED) is 0.846. The second-order valence-corrected chi connectivity index (χ2v) is 4.88. The lowest BCUT2D eigenvalue weighted by atomic mass is 10.1. The number of benzene rings is 1. The Kier molecular flexibility index (Phi) is 2.92. The molecule has 0 unspecified atom stereocenters. The molecule has 0 radical (unpaired) electrons. The lowest BCUT2D eigenvalue weighted by molar-refractivity contribution is 0.730. The van der Waals surface area contributed by atoms with Crippen molar-refractivity contribution >= 4 is 0 Å². The fourth-order valence-corrected chi connectivity index (χ4v) is 2.12. The summed E-state index contributed by atoms with van der Waals surface area (Å²) in [7, 11) is 0. The van der Waals surface area contributed by atoms with Crippen molar-refractivity contribution in [2.24, 2.45) is 0 Å². The smallest absolute Gasteiger partial charge is 0.264 e. The molecule has 90 valence electrons. The second kappa shape index (κ2) is 4.24. The molecule has 0 aliphatic carbocycles. The lowest BCUT2D eigenvalue weighted by Crippen LogP contribution is -2.06. The number of hydrogen-bond acceptors (Lipinski definition) is 1. The molecule has 1 aromatic carbocycles. The monoisotopic (exact) mass is 230 g/mol. The van der Waals surface area contributed by atoms with Crippen LogP contribution in [-0.4, -0.2) is 9.78 Å². The largest absolute Gasteiger partial charge is 0.268 e. The van der Waals surface area contributed by atoms with Crippen LogP contribution in [0.2, 0.25) is 0 Å². The lowest BCUT2D eigenvalue weighted by Gasteiger charge is -2.12. The highest BCUT2D eigenvalue weighted by Crippen LogP contribution is 2.18. The molecule has 0 saturated carbocycles. The summed E-state index contributed by atoms with van der Waals surface area (Å²) >= 11 is 0. The molecule has 2 rings (SSSR count). The van der Waals surface area contributed by atoms with Crippen LogP contribution in [0.3, 0.4) is 0 Å². The topological polar surface area (TPSA) is 37.8 Å². The molecule has 2 aromatic rings. The molecule has 1 heterocycles. The predicted octanol–water partition coefficient (Wildman–Crippen LogP) is 2.91. The van der Waals surface area contributed by atoms with E-state index in [0.29, 0.717) is 5.92 Å². The van der Waals surface area contributed by atoms with Gasteiger partial charge in [-0.1, -0.05) is 19.9 Å². The molecule has 0 amide bonds. The van der Waals surface area contributed by atoms with Gasteiger partial charge in [-0.05, 0) is 43.0 Å². The highest BCUT2D eigenvalue weighted by atomic mass is 16.1. The van der Waals surface area contributed by atoms with Gasteiger partial charge in [-0.25, -0.2) is 0 Å². The van der Waals surface area contributed by atoms with Gasteiger partial charge in [0.25, 0.3) is 5.56 Å². The minimum Gasteiger partial charge on any atom is -0.268 e. The van der Waals surface area contributed by atoms with Crippen molar-refractivity contribution < 1.29 is 0 Å². The zero-order chi connectivity index (χ0) is 12.6. The van der Waals surface area contributed by atoms with Crippen LogP contribution in [0.15, 0.2) is 29.1 Å². The molecular formula is C14H18N2O. The molecule has 3 nitrogen and oxygen atoms in total. The van der Waals surface area contributed by atoms with Crippen molar-refractivity contribution in [3.8, 4) is 5.69 Å². The molecule has 0 atom stereocenters. The van der Waals surface area contributed by atoms with Gasteiger partial charge < -0.3 is 0 Å². The molecule has 0 fully saturated rings.